The zero-order valence-corrected chi connectivity index (χ0v) is 13.7. The lowest BCUT2D eigenvalue weighted by Crippen LogP contribution is -2.11. The van der Waals surface area contributed by atoms with Crippen LogP contribution in [-0.4, -0.2) is 27.5 Å². The van der Waals surface area contributed by atoms with Gasteiger partial charge in [0.1, 0.15) is 5.56 Å². The maximum absolute atomic E-state index is 12.2. The first kappa shape index (κ1) is 16.8. The summed E-state index contributed by atoms with van der Waals surface area (Å²) < 4.78 is 5.23. The summed E-state index contributed by atoms with van der Waals surface area (Å²) in [5.41, 5.74) is 1.91. The van der Waals surface area contributed by atoms with Crippen molar-refractivity contribution in [2.45, 2.75) is 20.8 Å². The van der Waals surface area contributed by atoms with Crippen molar-refractivity contribution in [1.82, 2.24) is 9.97 Å². The largest absolute Gasteiger partial charge is 0.462 e. The number of aromatic nitrogens is 2. The highest BCUT2D eigenvalue weighted by Crippen LogP contribution is 2.29. The number of carbonyl (C=O) groups excluding carboxylic acids is 1. The van der Waals surface area contributed by atoms with Gasteiger partial charge in [0.2, 0.25) is 0 Å². The van der Waals surface area contributed by atoms with Crippen molar-refractivity contribution < 1.29 is 14.5 Å². The summed E-state index contributed by atoms with van der Waals surface area (Å²) in [4.78, 5) is 29.8. The van der Waals surface area contributed by atoms with E-state index in [4.69, 9.17) is 17.0 Å². The lowest BCUT2D eigenvalue weighted by atomic mass is 10.0. The number of rotatable bonds is 4. The van der Waals surface area contributed by atoms with Gasteiger partial charge in [0.25, 0.3) is 5.69 Å². The van der Waals surface area contributed by atoms with Crippen LogP contribution < -0.4 is 0 Å². The Balaban J connectivity index is 2.72. The molecular weight excluding hydrogens is 318 g/mol. The number of nitro groups is 1. The van der Waals surface area contributed by atoms with Crippen LogP contribution in [0.4, 0.5) is 5.69 Å². The molecule has 0 spiro atoms. The third kappa shape index (κ3) is 3.42. The summed E-state index contributed by atoms with van der Waals surface area (Å²) in [6, 6.07) is 4.66. The number of aromatic amines is 1. The average molecular weight is 333 g/mol. The van der Waals surface area contributed by atoms with Gasteiger partial charge in [-0.3, -0.25) is 10.1 Å². The zero-order chi connectivity index (χ0) is 17.1. The minimum atomic E-state index is -0.554. The van der Waals surface area contributed by atoms with Crippen LogP contribution in [0.5, 0.6) is 0 Å². The van der Waals surface area contributed by atoms with Crippen molar-refractivity contribution in [2.24, 2.45) is 0 Å². The van der Waals surface area contributed by atoms with Crippen LogP contribution in [-0.2, 0) is 4.74 Å². The Labute approximate surface area is 137 Å². The summed E-state index contributed by atoms with van der Waals surface area (Å²) in [5, 5.41) is 11.1. The predicted molar refractivity (Wildman–Crippen MR) is 86.9 cm³/mol. The molecule has 2 rings (SSSR count). The number of nitrogens with zero attached hydrogens (tertiary/aromatic N) is 2. The van der Waals surface area contributed by atoms with Gasteiger partial charge in [-0.05, 0) is 33.0 Å². The SMILES string of the molecule is CCOC(=O)c1c(-c2ccc(C)c([N+](=O)[O-])c2)nc(=S)[nH]c1C. The summed E-state index contributed by atoms with van der Waals surface area (Å²) in [5.74, 6) is -0.554. The van der Waals surface area contributed by atoms with Gasteiger partial charge in [0.05, 0.1) is 17.2 Å². The Morgan fingerprint density at radius 2 is 2.13 bits per heavy atom. The highest BCUT2D eigenvalue weighted by atomic mass is 32.1. The van der Waals surface area contributed by atoms with Crippen molar-refractivity contribution >= 4 is 23.9 Å². The molecule has 120 valence electrons. The maximum atomic E-state index is 12.2. The van der Waals surface area contributed by atoms with Gasteiger partial charge >= 0.3 is 5.97 Å². The van der Waals surface area contributed by atoms with Crippen molar-refractivity contribution in [1.29, 1.82) is 0 Å². The van der Waals surface area contributed by atoms with Crippen LogP contribution in [0.2, 0.25) is 0 Å². The zero-order valence-electron chi connectivity index (χ0n) is 12.9. The quantitative estimate of drug-likeness (QED) is 0.398. The number of nitro benzene ring substituents is 1. The highest BCUT2D eigenvalue weighted by Gasteiger charge is 2.21. The Kier molecular flexibility index (Phi) is 4.85. The molecule has 0 saturated heterocycles. The van der Waals surface area contributed by atoms with E-state index in [9.17, 15) is 14.9 Å². The van der Waals surface area contributed by atoms with E-state index in [1.54, 1.807) is 32.9 Å². The molecule has 7 nitrogen and oxygen atoms in total. The lowest BCUT2D eigenvalue weighted by Gasteiger charge is -2.11. The maximum Gasteiger partial charge on any atom is 0.342 e. The van der Waals surface area contributed by atoms with E-state index in [-0.39, 0.29) is 28.3 Å². The van der Waals surface area contributed by atoms with Gasteiger partial charge in [-0.1, -0.05) is 12.1 Å². The Bertz CT molecular complexity index is 845. The average Bonchev–Trinajstić information content (AvgIpc) is 2.46. The normalized spacial score (nSPS) is 10.4. The molecule has 0 bridgehead atoms. The van der Waals surface area contributed by atoms with Crippen molar-refractivity contribution in [3.8, 4) is 11.3 Å². The number of H-pyrrole nitrogens is 1. The molecule has 0 fully saturated rings. The minimum absolute atomic E-state index is 0.0458. The number of carbonyl (C=O) groups is 1. The number of aryl methyl sites for hydroxylation is 2. The summed E-state index contributed by atoms with van der Waals surface area (Å²) in [7, 11) is 0. The number of ether oxygens (including phenoxy) is 1. The summed E-state index contributed by atoms with van der Waals surface area (Å²) in [6.45, 7) is 5.23. The molecule has 0 saturated carbocycles. The van der Waals surface area contributed by atoms with E-state index in [2.05, 4.69) is 9.97 Å². The van der Waals surface area contributed by atoms with Gasteiger partial charge in [-0.25, -0.2) is 9.78 Å². The van der Waals surface area contributed by atoms with E-state index >= 15 is 0 Å². The van der Waals surface area contributed by atoms with Crippen LogP contribution in [0, 0.1) is 28.7 Å². The monoisotopic (exact) mass is 333 g/mol. The highest BCUT2D eigenvalue weighted by molar-refractivity contribution is 7.71. The van der Waals surface area contributed by atoms with Gasteiger partial charge < -0.3 is 9.72 Å². The smallest absolute Gasteiger partial charge is 0.342 e. The first-order valence-electron chi connectivity index (χ1n) is 6.88. The molecule has 0 amide bonds. The first-order valence-corrected chi connectivity index (χ1v) is 7.29. The number of hydrogen-bond donors (Lipinski definition) is 1. The molecule has 0 atom stereocenters. The molecule has 1 aromatic heterocycles. The summed E-state index contributed by atoms with van der Waals surface area (Å²) in [6.07, 6.45) is 0. The Hall–Kier alpha value is -2.61. The van der Waals surface area contributed by atoms with E-state index < -0.39 is 10.9 Å². The number of benzene rings is 1. The first-order chi connectivity index (χ1) is 10.8. The fourth-order valence-corrected chi connectivity index (χ4v) is 2.45. The van der Waals surface area contributed by atoms with Gasteiger partial charge in [-0.2, -0.15) is 0 Å². The lowest BCUT2D eigenvalue weighted by molar-refractivity contribution is -0.385. The molecule has 2 aromatic rings. The van der Waals surface area contributed by atoms with Crippen molar-refractivity contribution in [2.75, 3.05) is 6.61 Å². The molecule has 1 heterocycles. The molecule has 0 aliphatic rings. The molecule has 1 N–H and O–H groups in total. The van der Waals surface area contributed by atoms with Crippen molar-refractivity contribution in [3.05, 3.63) is 49.9 Å². The van der Waals surface area contributed by atoms with Crippen LogP contribution in [0.1, 0.15) is 28.5 Å². The fourth-order valence-electron chi connectivity index (χ4n) is 2.20. The molecular formula is C15H15N3O4S. The second-order valence-electron chi connectivity index (χ2n) is 4.87. The number of hydrogen-bond acceptors (Lipinski definition) is 6. The van der Waals surface area contributed by atoms with Crippen LogP contribution in [0.25, 0.3) is 11.3 Å². The summed E-state index contributed by atoms with van der Waals surface area (Å²) >= 11 is 5.06. The molecule has 0 aliphatic carbocycles. The molecule has 0 aliphatic heterocycles. The van der Waals surface area contributed by atoms with E-state index in [1.807, 2.05) is 0 Å². The van der Waals surface area contributed by atoms with Gasteiger partial charge in [-0.15, -0.1) is 0 Å². The molecule has 8 heteroatoms. The van der Waals surface area contributed by atoms with Gasteiger partial charge in [0, 0.05) is 22.9 Å². The molecule has 23 heavy (non-hydrogen) atoms. The third-order valence-corrected chi connectivity index (χ3v) is 3.47. The van der Waals surface area contributed by atoms with Crippen LogP contribution in [0.15, 0.2) is 18.2 Å². The molecule has 0 unspecified atom stereocenters. The van der Waals surface area contributed by atoms with E-state index in [0.29, 0.717) is 16.8 Å². The van der Waals surface area contributed by atoms with Gasteiger partial charge in [0.15, 0.2) is 4.77 Å². The van der Waals surface area contributed by atoms with Crippen LogP contribution >= 0.6 is 12.2 Å². The van der Waals surface area contributed by atoms with Crippen molar-refractivity contribution in [3.63, 3.8) is 0 Å². The van der Waals surface area contributed by atoms with E-state index in [0.717, 1.165) is 0 Å². The van der Waals surface area contributed by atoms with Crippen LogP contribution in [0.3, 0.4) is 0 Å². The topological polar surface area (TPSA) is 98.1 Å². The third-order valence-electron chi connectivity index (χ3n) is 3.28. The number of esters is 1. The van der Waals surface area contributed by atoms with E-state index in [1.165, 1.54) is 6.07 Å². The second kappa shape index (κ2) is 6.66. The fraction of sp³-hybridized carbons (Fsp3) is 0.267. The number of nitrogens with one attached hydrogen (secondary N) is 1. The Morgan fingerprint density at radius 1 is 1.43 bits per heavy atom. The predicted octanol–water partition coefficient (Wildman–Crippen LogP) is 3.51. The standard InChI is InChI=1S/C15H15N3O4S/c1-4-22-14(19)12-9(3)16-15(23)17-13(12)10-6-5-8(2)11(7-10)18(20)21/h5-7H,4H2,1-3H3,(H,16,17,23). The minimum Gasteiger partial charge on any atom is -0.462 e. The Morgan fingerprint density at radius 3 is 2.74 bits per heavy atom. The second-order valence-corrected chi connectivity index (χ2v) is 5.26. The molecule has 1 aromatic carbocycles. The molecule has 0 radical (unpaired) electrons.